The number of carbonyl (C=O) groups excluding carboxylic acids is 1. The molecule has 0 radical (unpaired) electrons. The van der Waals surface area contributed by atoms with Gasteiger partial charge in [0.1, 0.15) is 0 Å². The van der Waals surface area contributed by atoms with Crippen LogP contribution in [0.1, 0.15) is 34.1 Å². The van der Waals surface area contributed by atoms with E-state index in [0.29, 0.717) is 13.1 Å². The molecule has 1 heterocycles. The third kappa shape index (κ3) is 6.19. The Kier molecular flexibility index (Phi) is 8.15. The molecular formula is C20H28N4OS. The van der Waals surface area contributed by atoms with Crippen molar-refractivity contribution in [3.05, 3.63) is 57.8 Å². The second kappa shape index (κ2) is 10.6. The third-order valence-corrected chi connectivity index (χ3v) is 4.86. The molecule has 2 aromatic rings. The Hall–Kier alpha value is -2.34. The summed E-state index contributed by atoms with van der Waals surface area (Å²) in [5.41, 5.74) is 2.58. The molecule has 0 aliphatic heterocycles. The van der Waals surface area contributed by atoms with Crippen molar-refractivity contribution in [3.63, 3.8) is 0 Å². The summed E-state index contributed by atoms with van der Waals surface area (Å²) < 4.78 is 0. The third-order valence-electron chi connectivity index (χ3n) is 3.99. The van der Waals surface area contributed by atoms with Crippen molar-refractivity contribution in [2.75, 3.05) is 26.7 Å². The topological polar surface area (TPSA) is 56.7 Å². The lowest BCUT2D eigenvalue weighted by molar-refractivity contribution is 0.0957. The molecule has 0 spiro atoms. The first-order valence-corrected chi connectivity index (χ1v) is 9.85. The van der Waals surface area contributed by atoms with E-state index in [1.54, 1.807) is 0 Å². The van der Waals surface area contributed by atoms with Gasteiger partial charge in [0.05, 0.1) is 4.88 Å². The minimum atomic E-state index is -0.00689. The standard InChI is InChI=1S/C20H28N4OS/c1-4-21-20(24(3)15-17-10-6-5-9-16(17)2)23-13-8-12-22-19(25)18-11-7-14-26-18/h5-7,9-11,14H,4,8,12-13,15H2,1-3H3,(H,21,23)(H,22,25). The fraction of sp³-hybridized carbons (Fsp3) is 0.400. The molecular weight excluding hydrogens is 344 g/mol. The molecule has 6 heteroatoms. The largest absolute Gasteiger partial charge is 0.357 e. The summed E-state index contributed by atoms with van der Waals surface area (Å²) in [4.78, 5) is 19.5. The van der Waals surface area contributed by atoms with E-state index < -0.39 is 0 Å². The quantitative estimate of drug-likeness (QED) is 0.425. The van der Waals surface area contributed by atoms with Gasteiger partial charge in [-0.3, -0.25) is 9.79 Å². The minimum absolute atomic E-state index is 0.00689. The highest BCUT2D eigenvalue weighted by Crippen LogP contribution is 2.10. The Morgan fingerprint density at radius 1 is 1.19 bits per heavy atom. The maximum atomic E-state index is 11.9. The lowest BCUT2D eigenvalue weighted by Crippen LogP contribution is -2.38. The van der Waals surface area contributed by atoms with Crippen molar-refractivity contribution in [1.82, 2.24) is 15.5 Å². The van der Waals surface area contributed by atoms with Crippen molar-refractivity contribution < 1.29 is 4.79 Å². The van der Waals surface area contributed by atoms with Crippen LogP contribution in [0, 0.1) is 6.92 Å². The number of benzene rings is 1. The Morgan fingerprint density at radius 3 is 2.69 bits per heavy atom. The molecule has 0 fully saturated rings. The van der Waals surface area contributed by atoms with Gasteiger partial charge in [-0.1, -0.05) is 30.3 Å². The van der Waals surface area contributed by atoms with E-state index in [0.717, 1.165) is 30.3 Å². The van der Waals surface area contributed by atoms with Crippen LogP contribution in [0.15, 0.2) is 46.8 Å². The van der Waals surface area contributed by atoms with Crippen LogP contribution in [0.3, 0.4) is 0 Å². The van der Waals surface area contributed by atoms with Gasteiger partial charge in [-0.05, 0) is 42.8 Å². The average molecular weight is 373 g/mol. The molecule has 2 rings (SSSR count). The van der Waals surface area contributed by atoms with Crippen LogP contribution < -0.4 is 10.6 Å². The molecule has 1 aromatic carbocycles. The summed E-state index contributed by atoms with van der Waals surface area (Å²) in [5.74, 6) is 0.882. The normalized spacial score (nSPS) is 11.3. The lowest BCUT2D eigenvalue weighted by atomic mass is 10.1. The molecule has 0 unspecified atom stereocenters. The summed E-state index contributed by atoms with van der Waals surface area (Å²) in [6, 6.07) is 12.1. The second-order valence-electron chi connectivity index (χ2n) is 6.10. The zero-order valence-electron chi connectivity index (χ0n) is 15.8. The van der Waals surface area contributed by atoms with Crippen LogP contribution in [0.2, 0.25) is 0 Å². The monoisotopic (exact) mass is 372 g/mol. The predicted octanol–water partition coefficient (Wildman–Crippen LogP) is 3.27. The molecule has 0 saturated heterocycles. The summed E-state index contributed by atoms with van der Waals surface area (Å²) in [6.45, 7) is 7.13. The molecule has 26 heavy (non-hydrogen) atoms. The van der Waals surface area contributed by atoms with E-state index in [4.69, 9.17) is 0 Å². The second-order valence-corrected chi connectivity index (χ2v) is 7.05. The molecule has 0 bridgehead atoms. The molecule has 0 saturated carbocycles. The van der Waals surface area contributed by atoms with Gasteiger partial charge < -0.3 is 15.5 Å². The lowest BCUT2D eigenvalue weighted by Gasteiger charge is -2.23. The fourth-order valence-corrected chi connectivity index (χ4v) is 3.19. The zero-order valence-corrected chi connectivity index (χ0v) is 16.6. The van der Waals surface area contributed by atoms with Crippen molar-refractivity contribution in [2.24, 2.45) is 4.99 Å². The smallest absolute Gasteiger partial charge is 0.261 e. The maximum Gasteiger partial charge on any atom is 0.261 e. The number of aryl methyl sites for hydroxylation is 1. The van der Waals surface area contributed by atoms with Gasteiger partial charge in [0.15, 0.2) is 5.96 Å². The molecule has 0 aliphatic carbocycles. The molecule has 140 valence electrons. The van der Waals surface area contributed by atoms with E-state index in [1.165, 1.54) is 22.5 Å². The highest BCUT2D eigenvalue weighted by atomic mass is 32.1. The predicted molar refractivity (Wildman–Crippen MR) is 110 cm³/mol. The van der Waals surface area contributed by atoms with Crippen molar-refractivity contribution >= 4 is 23.2 Å². The average Bonchev–Trinajstić information content (AvgIpc) is 3.17. The summed E-state index contributed by atoms with van der Waals surface area (Å²) in [6.07, 6.45) is 0.810. The van der Waals surface area contributed by atoms with Gasteiger partial charge in [0.25, 0.3) is 5.91 Å². The van der Waals surface area contributed by atoms with Gasteiger partial charge in [0.2, 0.25) is 0 Å². The Bertz CT molecular complexity index is 712. The van der Waals surface area contributed by atoms with Gasteiger partial charge in [-0.15, -0.1) is 11.3 Å². The molecule has 0 atom stereocenters. The van der Waals surface area contributed by atoms with Crippen LogP contribution in [0.4, 0.5) is 0 Å². The number of hydrogen-bond donors (Lipinski definition) is 2. The van der Waals surface area contributed by atoms with Gasteiger partial charge >= 0.3 is 0 Å². The van der Waals surface area contributed by atoms with E-state index in [-0.39, 0.29) is 5.91 Å². The first-order valence-electron chi connectivity index (χ1n) is 8.97. The molecule has 5 nitrogen and oxygen atoms in total. The van der Waals surface area contributed by atoms with Crippen LogP contribution in [0.25, 0.3) is 0 Å². The van der Waals surface area contributed by atoms with Crippen LogP contribution in [-0.2, 0) is 6.54 Å². The van der Waals surface area contributed by atoms with Gasteiger partial charge in [0, 0.05) is 33.2 Å². The van der Waals surface area contributed by atoms with Crippen molar-refractivity contribution in [3.8, 4) is 0 Å². The van der Waals surface area contributed by atoms with E-state index in [9.17, 15) is 4.79 Å². The first kappa shape index (κ1) is 20.0. The number of aliphatic imine (C=N–C) groups is 1. The SMILES string of the molecule is CCNC(=NCCCNC(=O)c1cccs1)N(C)Cc1ccccc1C. The van der Waals surface area contributed by atoms with Crippen LogP contribution >= 0.6 is 11.3 Å². The van der Waals surface area contributed by atoms with Gasteiger partial charge in [-0.25, -0.2) is 0 Å². The number of rotatable bonds is 8. The number of carbonyl (C=O) groups is 1. The highest BCUT2D eigenvalue weighted by molar-refractivity contribution is 7.12. The number of thiophene rings is 1. The minimum Gasteiger partial charge on any atom is -0.357 e. The summed E-state index contributed by atoms with van der Waals surface area (Å²) in [5, 5.41) is 8.18. The van der Waals surface area contributed by atoms with Crippen molar-refractivity contribution in [1.29, 1.82) is 0 Å². The molecule has 2 N–H and O–H groups in total. The highest BCUT2D eigenvalue weighted by Gasteiger charge is 2.08. The van der Waals surface area contributed by atoms with Crippen molar-refractivity contribution in [2.45, 2.75) is 26.8 Å². The maximum absolute atomic E-state index is 11.9. The molecule has 0 aliphatic rings. The summed E-state index contributed by atoms with van der Waals surface area (Å²) >= 11 is 1.46. The Labute approximate surface area is 160 Å². The molecule has 1 aromatic heterocycles. The molecule has 1 amide bonds. The van der Waals surface area contributed by atoms with E-state index in [2.05, 4.69) is 58.6 Å². The van der Waals surface area contributed by atoms with E-state index >= 15 is 0 Å². The summed E-state index contributed by atoms with van der Waals surface area (Å²) in [7, 11) is 2.05. The number of nitrogens with zero attached hydrogens (tertiary/aromatic N) is 2. The van der Waals surface area contributed by atoms with Gasteiger partial charge in [-0.2, -0.15) is 0 Å². The van der Waals surface area contributed by atoms with Crippen LogP contribution in [0.5, 0.6) is 0 Å². The van der Waals surface area contributed by atoms with Crippen LogP contribution in [-0.4, -0.2) is 43.4 Å². The number of hydrogen-bond acceptors (Lipinski definition) is 3. The van der Waals surface area contributed by atoms with E-state index in [1.807, 2.05) is 24.6 Å². The first-order chi connectivity index (χ1) is 12.6. The number of nitrogens with one attached hydrogen (secondary N) is 2. The Morgan fingerprint density at radius 2 is 2.00 bits per heavy atom. The number of guanidine groups is 1. The fourth-order valence-electron chi connectivity index (χ4n) is 2.55. The number of amides is 1. The zero-order chi connectivity index (χ0) is 18.8. The Balaban J connectivity index is 1.81.